The van der Waals surface area contributed by atoms with Crippen molar-refractivity contribution in [1.29, 1.82) is 0 Å². The summed E-state index contributed by atoms with van der Waals surface area (Å²) in [4.78, 5) is 32.4. The molecule has 2 amide bonds. The van der Waals surface area contributed by atoms with Gasteiger partial charge in [-0.1, -0.05) is 11.6 Å². The van der Waals surface area contributed by atoms with Crippen molar-refractivity contribution in [1.82, 2.24) is 30.4 Å². The fourth-order valence-corrected chi connectivity index (χ4v) is 3.11. The van der Waals surface area contributed by atoms with Gasteiger partial charge in [0, 0.05) is 16.8 Å². The highest BCUT2D eigenvalue weighted by atomic mass is 35.5. The van der Waals surface area contributed by atoms with Crippen molar-refractivity contribution in [2.45, 2.75) is 25.3 Å². The van der Waals surface area contributed by atoms with Crippen molar-refractivity contribution in [3.63, 3.8) is 0 Å². The Morgan fingerprint density at radius 3 is 2.34 bits per heavy atom. The first-order valence-corrected chi connectivity index (χ1v) is 10.0. The van der Waals surface area contributed by atoms with Gasteiger partial charge in [0.15, 0.2) is 11.6 Å². The molecule has 1 atom stereocenters. The minimum Gasteiger partial charge on any atom is -0.343 e. The molecule has 3 aromatic rings. The molecule has 0 saturated heterocycles. The van der Waals surface area contributed by atoms with Gasteiger partial charge in [0.05, 0.1) is 17.2 Å². The van der Waals surface area contributed by atoms with Crippen molar-refractivity contribution in [2.24, 2.45) is 0 Å². The highest BCUT2D eigenvalue weighted by molar-refractivity contribution is 6.31. The lowest BCUT2D eigenvalue weighted by Gasteiger charge is -2.15. The summed E-state index contributed by atoms with van der Waals surface area (Å²) in [5.41, 5.74) is -1.55. The number of amides is 2. The molecule has 2 heterocycles. The van der Waals surface area contributed by atoms with E-state index in [0.29, 0.717) is 12.1 Å². The molecule has 0 bridgehead atoms. The third kappa shape index (κ3) is 6.68. The van der Waals surface area contributed by atoms with E-state index in [1.807, 2.05) is 0 Å². The summed E-state index contributed by atoms with van der Waals surface area (Å²) >= 11 is 5.72. The van der Waals surface area contributed by atoms with Gasteiger partial charge in [-0.3, -0.25) is 9.59 Å². The van der Waals surface area contributed by atoms with Gasteiger partial charge < -0.3 is 10.6 Å². The molecule has 8 nitrogen and oxygen atoms in total. The molecule has 0 radical (unpaired) electrons. The summed E-state index contributed by atoms with van der Waals surface area (Å²) in [5.74, 6) is -1.59. The van der Waals surface area contributed by atoms with E-state index in [2.05, 4.69) is 20.4 Å². The van der Waals surface area contributed by atoms with Crippen LogP contribution in [0.25, 0.3) is 5.82 Å². The van der Waals surface area contributed by atoms with Gasteiger partial charge in [-0.05, 0) is 37.3 Å². The first-order chi connectivity index (χ1) is 16.2. The number of alkyl halides is 6. The second-order valence-corrected chi connectivity index (χ2v) is 7.59. The second-order valence-electron chi connectivity index (χ2n) is 7.15. The van der Waals surface area contributed by atoms with Crippen LogP contribution in [-0.4, -0.2) is 44.3 Å². The molecule has 2 aromatic heterocycles. The standard InChI is InChI=1S/C20H15ClF6N6O2/c1-10(32-18(35)12-4-13(20(25,26)27)6-14(21)5-12)16-30-9-31-33(16)15-3-2-11(7-28-15)17(34)29-8-19(22,23)24/h2-7,9-10H,8H2,1H3,(H,29,34)(H,32,35)/t10-/m0/s1. The predicted molar refractivity (Wildman–Crippen MR) is 110 cm³/mol. The third-order valence-corrected chi connectivity index (χ3v) is 4.69. The highest BCUT2D eigenvalue weighted by Crippen LogP contribution is 2.32. The van der Waals surface area contributed by atoms with Crippen molar-refractivity contribution in [3.8, 4) is 5.82 Å². The molecule has 0 aliphatic carbocycles. The Morgan fingerprint density at radius 2 is 1.74 bits per heavy atom. The summed E-state index contributed by atoms with van der Waals surface area (Å²) in [6.07, 6.45) is -7.11. The molecule has 0 unspecified atom stereocenters. The topological polar surface area (TPSA) is 102 Å². The van der Waals surface area contributed by atoms with Gasteiger partial charge in [0.2, 0.25) is 0 Å². The lowest BCUT2D eigenvalue weighted by atomic mass is 10.1. The zero-order chi connectivity index (χ0) is 26.0. The smallest absolute Gasteiger partial charge is 0.343 e. The third-order valence-electron chi connectivity index (χ3n) is 4.47. The number of halogens is 7. The molecule has 0 saturated carbocycles. The van der Waals surface area contributed by atoms with Crippen LogP contribution >= 0.6 is 11.6 Å². The predicted octanol–water partition coefficient (Wildman–Crippen LogP) is 4.12. The van der Waals surface area contributed by atoms with Crippen LogP contribution in [0.5, 0.6) is 0 Å². The van der Waals surface area contributed by atoms with E-state index < -0.39 is 42.3 Å². The molecule has 35 heavy (non-hydrogen) atoms. The Morgan fingerprint density at radius 1 is 1.03 bits per heavy atom. The van der Waals surface area contributed by atoms with Crippen LogP contribution in [0, 0.1) is 0 Å². The molecular weight excluding hydrogens is 506 g/mol. The molecule has 0 aliphatic rings. The minimum absolute atomic E-state index is 0.119. The zero-order valence-electron chi connectivity index (χ0n) is 17.6. The summed E-state index contributed by atoms with van der Waals surface area (Å²) < 4.78 is 77.0. The van der Waals surface area contributed by atoms with E-state index in [9.17, 15) is 35.9 Å². The average Bonchev–Trinajstić information content (AvgIpc) is 3.26. The minimum atomic E-state index is -4.70. The van der Waals surface area contributed by atoms with Crippen molar-refractivity contribution in [3.05, 3.63) is 70.4 Å². The summed E-state index contributed by atoms with van der Waals surface area (Å²) in [5, 5.41) is 7.89. The summed E-state index contributed by atoms with van der Waals surface area (Å²) in [6.45, 7) is -0.0122. The number of pyridine rings is 1. The number of carbonyl (C=O) groups excluding carboxylic acids is 2. The molecular formula is C20H15ClF6N6O2. The Hall–Kier alpha value is -3.68. The number of carbonyl (C=O) groups is 2. The monoisotopic (exact) mass is 520 g/mol. The number of benzene rings is 1. The van der Waals surface area contributed by atoms with Crippen LogP contribution in [0.4, 0.5) is 26.3 Å². The van der Waals surface area contributed by atoms with Gasteiger partial charge in [-0.2, -0.15) is 36.1 Å². The van der Waals surface area contributed by atoms with Crippen LogP contribution in [-0.2, 0) is 6.18 Å². The normalized spacial score (nSPS) is 12.8. The molecule has 2 N–H and O–H groups in total. The number of nitrogens with zero attached hydrogens (tertiary/aromatic N) is 4. The summed E-state index contributed by atoms with van der Waals surface area (Å²) in [6, 6.07) is 4.07. The van der Waals surface area contributed by atoms with Gasteiger partial charge in [0.1, 0.15) is 12.9 Å². The number of hydrogen-bond donors (Lipinski definition) is 2. The fourth-order valence-electron chi connectivity index (χ4n) is 2.88. The molecule has 0 spiro atoms. The number of aromatic nitrogens is 4. The maximum atomic E-state index is 13.0. The fraction of sp³-hybridized carbons (Fsp3) is 0.250. The molecule has 3 rings (SSSR count). The van der Waals surface area contributed by atoms with Crippen LogP contribution in [0.3, 0.4) is 0 Å². The van der Waals surface area contributed by atoms with Crippen LogP contribution in [0.2, 0.25) is 5.02 Å². The molecule has 186 valence electrons. The lowest BCUT2D eigenvalue weighted by Crippen LogP contribution is -2.33. The first kappa shape index (κ1) is 25.9. The second kappa shape index (κ2) is 9.90. The Labute approximate surface area is 198 Å². The Bertz CT molecular complexity index is 1230. The molecule has 1 aromatic carbocycles. The van der Waals surface area contributed by atoms with Crippen LogP contribution in [0.15, 0.2) is 42.9 Å². The number of nitrogens with one attached hydrogen (secondary N) is 2. The molecule has 0 fully saturated rings. The van der Waals surface area contributed by atoms with Crippen molar-refractivity contribution in [2.75, 3.05) is 6.54 Å². The largest absolute Gasteiger partial charge is 0.416 e. The Balaban J connectivity index is 1.75. The van der Waals surface area contributed by atoms with E-state index in [1.54, 1.807) is 5.32 Å². The molecule has 15 heteroatoms. The zero-order valence-corrected chi connectivity index (χ0v) is 18.3. The van der Waals surface area contributed by atoms with E-state index in [-0.39, 0.29) is 27.8 Å². The highest BCUT2D eigenvalue weighted by Gasteiger charge is 2.32. The van der Waals surface area contributed by atoms with E-state index in [4.69, 9.17) is 11.6 Å². The summed E-state index contributed by atoms with van der Waals surface area (Å²) in [7, 11) is 0. The quantitative estimate of drug-likeness (QED) is 0.476. The average molecular weight is 521 g/mol. The van der Waals surface area contributed by atoms with Gasteiger partial charge in [-0.15, -0.1) is 0 Å². The van der Waals surface area contributed by atoms with Crippen LogP contribution < -0.4 is 10.6 Å². The van der Waals surface area contributed by atoms with Gasteiger partial charge >= 0.3 is 12.4 Å². The van der Waals surface area contributed by atoms with E-state index in [0.717, 1.165) is 18.6 Å². The van der Waals surface area contributed by atoms with Gasteiger partial charge in [0.25, 0.3) is 11.8 Å². The van der Waals surface area contributed by atoms with Crippen molar-refractivity contribution < 1.29 is 35.9 Å². The van der Waals surface area contributed by atoms with E-state index in [1.165, 1.54) is 23.7 Å². The first-order valence-electron chi connectivity index (χ1n) is 9.64. The lowest BCUT2D eigenvalue weighted by molar-refractivity contribution is -0.137. The van der Waals surface area contributed by atoms with Crippen LogP contribution in [0.1, 0.15) is 45.1 Å². The SMILES string of the molecule is C[C@H](NC(=O)c1cc(Cl)cc(C(F)(F)F)c1)c1ncnn1-c1ccc(C(=O)NCC(F)(F)F)cn1. The number of hydrogen-bond acceptors (Lipinski definition) is 5. The van der Waals surface area contributed by atoms with Crippen molar-refractivity contribution >= 4 is 23.4 Å². The maximum Gasteiger partial charge on any atom is 0.416 e. The maximum absolute atomic E-state index is 13.0. The Kier molecular flexibility index (Phi) is 7.33. The number of rotatable bonds is 6. The van der Waals surface area contributed by atoms with Gasteiger partial charge in [-0.25, -0.2) is 9.97 Å². The van der Waals surface area contributed by atoms with E-state index >= 15 is 0 Å². The molecule has 0 aliphatic heterocycles.